The summed E-state index contributed by atoms with van der Waals surface area (Å²) in [4.78, 5) is 0. The smallest absolute Gasteiger partial charge is 0.184 e. The first kappa shape index (κ1) is 11.4. The minimum absolute atomic E-state index is 0.165. The zero-order valence-electron chi connectivity index (χ0n) is 10.0. The summed E-state index contributed by atoms with van der Waals surface area (Å²) < 4.78 is 16.6. The molecule has 1 aliphatic heterocycles. The molecule has 1 aromatic rings. The van der Waals surface area contributed by atoms with Gasteiger partial charge in [0, 0.05) is 5.56 Å². The lowest BCUT2D eigenvalue weighted by Crippen LogP contribution is -2.22. The van der Waals surface area contributed by atoms with Crippen molar-refractivity contribution in [3.63, 3.8) is 0 Å². The molecule has 0 radical (unpaired) electrons. The van der Waals surface area contributed by atoms with Gasteiger partial charge in [0.2, 0.25) is 0 Å². The van der Waals surface area contributed by atoms with E-state index in [0.717, 1.165) is 11.3 Å². The molecule has 0 spiro atoms. The van der Waals surface area contributed by atoms with Crippen LogP contribution in [-0.4, -0.2) is 18.8 Å². The maximum Gasteiger partial charge on any atom is 0.184 e. The third kappa shape index (κ3) is 2.97. The Morgan fingerprint density at radius 3 is 2.12 bits per heavy atom. The Morgan fingerprint density at radius 2 is 1.62 bits per heavy atom. The summed E-state index contributed by atoms with van der Waals surface area (Å²) in [5.74, 6) is 0.870. The van der Waals surface area contributed by atoms with Crippen LogP contribution in [-0.2, 0) is 9.47 Å². The largest absolute Gasteiger partial charge is 0.488 e. The van der Waals surface area contributed by atoms with Crippen molar-refractivity contribution in [2.45, 2.75) is 32.7 Å². The summed E-state index contributed by atoms with van der Waals surface area (Å²) >= 11 is 0. The van der Waals surface area contributed by atoms with Gasteiger partial charge in [-0.3, -0.25) is 0 Å². The Hall–Kier alpha value is -1.06. The van der Waals surface area contributed by atoms with Crippen molar-refractivity contribution in [2.24, 2.45) is 0 Å². The van der Waals surface area contributed by atoms with Crippen molar-refractivity contribution < 1.29 is 14.2 Å². The highest BCUT2D eigenvalue weighted by molar-refractivity contribution is 5.28. The van der Waals surface area contributed by atoms with Gasteiger partial charge in [0.15, 0.2) is 6.29 Å². The fourth-order valence-electron chi connectivity index (χ4n) is 1.60. The topological polar surface area (TPSA) is 27.7 Å². The summed E-state index contributed by atoms with van der Waals surface area (Å²) in [6, 6.07) is 7.87. The molecule has 3 nitrogen and oxygen atoms in total. The van der Waals surface area contributed by atoms with Gasteiger partial charge in [-0.25, -0.2) is 0 Å². The highest BCUT2D eigenvalue weighted by Crippen LogP contribution is 2.26. The van der Waals surface area contributed by atoms with E-state index in [9.17, 15) is 0 Å². The zero-order chi connectivity index (χ0) is 11.6. The van der Waals surface area contributed by atoms with Crippen molar-refractivity contribution >= 4 is 0 Å². The average Bonchev–Trinajstić information content (AvgIpc) is 2.69. The lowest BCUT2D eigenvalue weighted by molar-refractivity contribution is -0.0441. The Labute approximate surface area is 96.3 Å². The third-order valence-corrected chi connectivity index (χ3v) is 2.20. The molecule has 0 saturated carbocycles. The number of benzene rings is 1. The molecule has 0 aliphatic carbocycles. The maximum atomic E-state index is 5.74. The van der Waals surface area contributed by atoms with Crippen LogP contribution in [0, 0.1) is 0 Å². The monoisotopic (exact) mass is 222 g/mol. The lowest BCUT2D eigenvalue weighted by atomic mass is 10.1. The van der Waals surface area contributed by atoms with E-state index in [1.54, 1.807) is 0 Å². The van der Waals surface area contributed by atoms with Crippen molar-refractivity contribution in [1.82, 2.24) is 0 Å². The lowest BCUT2D eigenvalue weighted by Gasteiger charge is -2.21. The van der Waals surface area contributed by atoms with E-state index in [1.807, 2.05) is 45.0 Å². The molecule has 1 heterocycles. The molecule has 1 fully saturated rings. The number of hydrogen-bond acceptors (Lipinski definition) is 3. The first-order valence-electron chi connectivity index (χ1n) is 5.57. The Morgan fingerprint density at radius 1 is 1.06 bits per heavy atom. The van der Waals surface area contributed by atoms with Gasteiger partial charge in [-0.05, 0) is 32.9 Å². The van der Waals surface area contributed by atoms with Gasteiger partial charge in [-0.1, -0.05) is 12.1 Å². The summed E-state index contributed by atoms with van der Waals surface area (Å²) in [6.07, 6.45) is -0.205. The Kier molecular flexibility index (Phi) is 3.17. The fraction of sp³-hybridized carbons (Fsp3) is 0.538. The Balaban J connectivity index is 2.04. The number of hydrogen-bond donors (Lipinski definition) is 0. The molecular weight excluding hydrogens is 204 g/mol. The second-order valence-corrected chi connectivity index (χ2v) is 4.86. The summed E-state index contributed by atoms with van der Waals surface area (Å²) in [7, 11) is 0. The minimum atomic E-state index is -0.205. The number of rotatable bonds is 2. The van der Waals surface area contributed by atoms with Crippen LogP contribution in [0.15, 0.2) is 24.3 Å². The molecule has 0 bridgehead atoms. The third-order valence-electron chi connectivity index (χ3n) is 2.20. The summed E-state index contributed by atoms with van der Waals surface area (Å²) in [6.45, 7) is 7.44. The van der Waals surface area contributed by atoms with Crippen LogP contribution >= 0.6 is 0 Å². The van der Waals surface area contributed by atoms with Crippen LogP contribution in [0.3, 0.4) is 0 Å². The van der Waals surface area contributed by atoms with Crippen LogP contribution < -0.4 is 4.74 Å². The van der Waals surface area contributed by atoms with Crippen molar-refractivity contribution in [1.29, 1.82) is 0 Å². The standard InChI is InChI=1S/C13H18O3/c1-13(2,3)16-11-6-4-10(5-7-11)12-14-8-9-15-12/h4-7,12H,8-9H2,1-3H3. The maximum absolute atomic E-state index is 5.74. The van der Waals surface area contributed by atoms with Gasteiger partial charge in [-0.15, -0.1) is 0 Å². The van der Waals surface area contributed by atoms with E-state index in [4.69, 9.17) is 14.2 Å². The van der Waals surface area contributed by atoms with Gasteiger partial charge in [0.1, 0.15) is 11.4 Å². The van der Waals surface area contributed by atoms with E-state index in [0.29, 0.717) is 13.2 Å². The second kappa shape index (κ2) is 4.44. The normalized spacial score (nSPS) is 17.7. The molecule has 0 N–H and O–H groups in total. The van der Waals surface area contributed by atoms with Crippen LogP contribution in [0.25, 0.3) is 0 Å². The van der Waals surface area contributed by atoms with Crippen LogP contribution in [0.1, 0.15) is 32.6 Å². The predicted molar refractivity (Wildman–Crippen MR) is 61.5 cm³/mol. The van der Waals surface area contributed by atoms with Gasteiger partial charge >= 0.3 is 0 Å². The molecule has 1 aliphatic rings. The Bertz CT molecular complexity index is 331. The SMILES string of the molecule is CC(C)(C)Oc1ccc(C2OCCO2)cc1. The first-order valence-corrected chi connectivity index (χ1v) is 5.57. The molecule has 1 aromatic carbocycles. The van der Waals surface area contributed by atoms with Crippen molar-refractivity contribution in [2.75, 3.05) is 13.2 Å². The van der Waals surface area contributed by atoms with Gasteiger partial charge in [0.25, 0.3) is 0 Å². The van der Waals surface area contributed by atoms with E-state index in [-0.39, 0.29) is 11.9 Å². The van der Waals surface area contributed by atoms with E-state index >= 15 is 0 Å². The van der Waals surface area contributed by atoms with Crippen LogP contribution in [0.2, 0.25) is 0 Å². The molecule has 3 heteroatoms. The van der Waals surface area contributed by atoms with E-state index < -0.39 is 0 Å². The van der Waals surface area contributed by atoms with Gasteiger partial charge < -0.3 is 14.2 Å². The van der Waals surface area contributed by atoms with Gasteiger partial charge in [-0.2, -0.15) is 0 Å². The highest BCUT2D eigenvalue weighted by atomic mass is 16.7. The minimum Gasteiger partial charge on any atom is -0.488 e. The predicted octanol–water partition coefficient (Wildman–Crippen LogP) is 2.91. The van der Waals surface area contributed by atoms with E-state index in [2.05, 4.69) is 0 Å². The molecule has 0 aromatic heterocycles. The van der Waals surface area contributed by atoms with Crippen LogP contribution in [0.4, 0.5) is 0 Å². The van der Waals surface area contributed by atoms with E-state index in [1.165, 1.54) is 0 Å². The molecule has 2 rings (SSSR count). The molecule has 0 amide bonds. The summed E-state index contributed by atoms with van der Waals surface area (Å²) in [5.41, 5.74) is 0.876. The molecular formula is C13H18O3. The van der Waals surface area contributed by atoms with Gasteiger partial charge in [0.05, 0.1) is 13.2 Å². The highest BCUT2D eigenvalue weighted by Gasteiger charge is 2.18. The number of ether oxygens (including phenoxy) is 3. The van der Waals surface area contributed by atoms with Crippen LogP contribution in [0.5, 0.6) is 5.75 Å². The molecule has 16 heavy (non-hydrogen) atoms. The second-order valence-electron chi connectivity index (χ2n) is 4.86. The zero-order valence-corrected chi connectivity index (χ0v) is 10.0. The molecule has 0 atom stereocenters. The average molecular weight is 222 g/mol. The van der Waals surface area contributed by atoms with Crippen molar-refractivity contribution in [3.8, 4) is 5.75 Å². The molecule has 88 valence electrons. The fourth-order valence-corrected chi connectivity index (χ4v) is 1.60. The first-order chi connectivity index (χ1) is 7.54. The van der Waals surface area contributed by atoms with Crippen molar-refractivity contribution in [3.05, 3.63) is 29.8 Å². The quantitative estimate of drug-likeness (QED) is 0.770. The summed E-state index contributed by atoms with van der Waals surface area (Å²) in [5, 5.41) is 0. The molecule has 0 unspecified atom stereocenters. The molecule has 1 saturated heterocycles.